The van der Waals surface area contributed by atoms with E-state index in [1.807, 2.05) is 18.3 Å². The maximum atomic E-state index is 11.8. The summed E-state index contributed by atoms with van der Waals surface area (Å²) in [5.74, 6) is 1.05. The van der Waals surface area contributed by atoms with Gasteiger partial charge in [-0.25, -0.2) is 13.4 Å². The van der Waals surface area contributed by atoms with Gasteiger partial charge in [0.05, 0.1) is 10.4 Å². The molecular formula is C27H29N3O2S. The molecule has 0 fully saturated rings. The fraction of sp³-hybridized carbons (Fsp3) is 0.296. The molecule has 1 aliphatic heterocycles. The number of benzene rings is 2. The van der Waals surface area contributed by atoms with Gasteiger partial charge in [-0.05, 0) is 67.1 Å². The van der Waals surface area contributed by atoms with Gasteiger partial charge in [-0.15, -0.1) is 0 Å². The minimum atomic E-state index is -3.18. The minimum absolute atomic E-state index is 0.363. The SMILES string of the molecule is Cc1c(C)n(CCc2ccc(S(C)(=O)=O)cc2)c2c(N3CCc4ccccc4C3)nccc12. The van der Waals surface area contributed by atoms with Crippen molar-refractivity contribution in [3.8, 4) is 0 Å². The first kappa shape index (κ1) is 21.7. The molecule has 33 heavy (non-hydrogen) atoms. The van der Waals surface area contributed by atoms with E-state index in [9.17, 15) is 8.42 Å². The lowest BCUT2D eigenvalue weighted by atomic mass is 10.00. The van der Waals surface area contributed by atoms with Gasteiger partial charge in [-0.1, -0.05) is 36.4 Å². The van der Waals surface area contributed by atoms with Gasteiger partial charge in [0.1, 0.15) is 0 Å². The van der Waals surface area contributed by atoms with E-state index in [1.165, 1.54) is 39.5 Å². The number of hydrogen-bond donors (Lipinski definition) is 0. The largest absolute Gasteiger partial charge is 0.350 e. The highest BCUT2D eigenvalue weighted by atomic mass is 32.2. The van der Waals surface area contributed by atoms with E-state index in [1.54, 1.807) is 12.1 Å². The second-order valence-electron chi connectivity index (χ2n) is 9.00. The van der Waals surface area contributed by atoms with Crippen LogP contribution in [0.15, 0.2) is 65.7 Å². The molecule has 0 unspecified atom stereocenters. The number of nitrogens with zero attached hydrogens (tertiary/aromatic N) is 3. The van der Waals surface area contributed by atoms with E-state index in [0.717, 1.165) is 43.9 Å². The molecule has 0 bridgehead atoms. The molecule has 5 rings (SSSR count). The third kappa shape index (κ3) is 4.04. The summed E-state index contributed by atoms with van der Waals surface area (Å²) in [4.78, 5) is 7.62. The molecule has 0 radical (unpaired) electrons. The summed E-state index contributed by atoms with van der Waals surface area (Å²) in [6.45, 7) is 7.01. The highest BCUT2D eigenvalue weighted by Gasteiger charge is 2.22. The zero-order chi connectivity index (χ0) is 23.2. The Bertz CT molecular complexity index is 1440. The molecule has 6 heteroatoms. The first-order valence-corrected chi connectivity index (χ1v) is 13.3. The van der Waals surface area contributed by atoms with Crippen LogP contribution in [0.4, 0.5) is 5.82 Å². The summed E-state index contributed by atoms with van der Waals surface area (Å²) < 4.78 is 25.9. The Morgan fingerprint density at radius 1 is 0.970 bits per heavy atom. The molecule has 2 aromatic heterocycles. The van der Waals surface area contributed by atoms with Crippen LogP contribution in [0.25, 0.3) is 10.9 Å². The molecule has 3 heterocycles. The van der Waals surface area contributed by atoms with E-state index in [4.69, 9.17) is 4.98 Å². The van der Waals surface area contributed by atoms with Crippen molar-refractivity contribution in [1.82, 2.24) is 9.55 Å². The van der Waals surface area contributed by atoms with Crippen LogP contribution in [0.3, 0.4) is 0 Å². The number of rotatable bonds is 5. The van der Waals surface area contributed by atoms with Crippen LogP contribution in [0.5, 0.6) is 0 Å². The summed E-state index contributed by atoms with van der Waals surface area (Å²) in [5, 5.41) is 1.25. The van der Waals surface area contributed by atoms with Gasteiger partial charge >= 0.3 is 0 Å². The van der Waals surface area contributed by atoms with Crippen molar-refractivity contribution in [2.75, 3.05) is 17.7 Å². The lowest BCUT2D eigenvalue weighted by Crippen LogP contribution is -2.31. The van der Waals surface area contributed by atoms with Gasteiger partial charge in [-0.3, -0.25) is 0 Å². The normalized spacial score (nSPS) is 14.0. The predicted octanol–water partition coefficient (Wildman–Crippen LogP) is 4.86. The monoisotopic (exact) mass is 459 g/mol. The first-order valence-electron chi connectivity index (χ1n) is 11.4. The summed E-state index contributed by atoms with van der Waals surface area (Å²) in [6, 6.07) is 18.1. The number of hydrogen-bond acceptors (Lipinski definition) is 4. The number of fused-ring (bicyclic) bond motifs is 2. The molecule has 0 N–H and O–H groups in total. The van der Waals surface area contributed by atoms with E-state index in [0.29, 0.717) is 4.90 Å². The van der Waals surface area contributed by atoms with Crippen LogP contribution in [0.1, 0.15) is 27.9 Å². The van der Waals surface area contributed by atoms with E-state index >= 15 is 0 Å². The maximum Gasteiger partial charge on any atom is 0.175 e. The Labute approximate surface area is 195 Å². The number of sulfone groups is 1. The standard InChI is InChI=1S/C27H29N3O2S/c1-19-20(2)30(17-13-21-8-10-24(11-9-21)33(3,31)32)26-25(19)12-15-28-27(26)29-16-14-22-6-4-5-7-23(22)18-29/h4-12,15H,13-14,16-18H2,1-3H3. The van der Waals surface area contributed by atoms with Gasteiger partial charge in [-0.2, -0.15) is 0 Å². The smallest absolute Gasteiger partial charge is 0.175 e. The van der Waals surface area contributed by atoms with Crippen molar-refractivity contribution in [1.29, 1.82) is 0 Å². The van der Waals surface area contributed by atoms with Crippen LogP contribution in [-0.4, -0.2) is 30.8 Å². The maximum absolute atomic E-state index is 11.8. The highest BCUT2D eigenvalue weighted by molar-refractivity contribution is 7.90. The second-order valence-corrected chi connectivity index (χ2v) is 11.0. The molecular weight excluding hydrogens is 430 g/mol. The Balaban J connectivity index is 1.49. The van der Waals surface area contributed by atoms with E-state index < -0.39 is 9.84 Å². The average molecular weight is 460 g/mol. The van der Waals surface area contributed by atoms with Crippen molar-refractivity contribution in [3.05, 3.63) is 88.7 Å². The van der Waals surface area contributed by atoms with E-state index in [-0.39, 0.29) is 0 Å². The van der Waals surface area contributed by atoms with Gasteiger partial charge < -0.3 is 9.47 Å². The summed E-state index contributed by atoms with van der Waals surface area (Å²) in [6.07, 6.45) is 5.03. The minimum Gasteiger partial charge on any atom is -0.350 e. The molecule has 0 aliphatic carbocycles. The predicted molar refractivity (Wildman–Crippen MR) is 134 cm³/mol. The molecule has 170 valence electrons. The Morgan fingerprint density at radius 3 is 2.42 bits per heavy atom. The Kier molecular flexibility index (Phi) is 5.49. The zero-order valence-electron chi connectivity index (χ0n) is 19.4. The molecule has 5 nitrogen and oxygen atoms in total. The molecule has 2 aromatic carbocycles. The van der Waals surface area contributed by atoms with Crippen molar-refractivity contribution >= 4 is 26.6 Å². The summed E-state index contributed by atoms with van der Waals surface area (Å²) in [7, 11) is -3.18. The fourth-order valence-corrected chi connectivity index (χ4v) is 5.54. The lowest BCUT2D eigenvalue weighted by molar-refractivity contribution is 0.602. The number of anilines is 1. The van der Waals surface area contributed by atoms with Crippen LogP contribution in [0, 0.1) is 13.8 Å². The summed E-state index contributed by atoms with van der Waals surface area (Å²) >= 11 is 0. The van der Waals surface area contributed by atoms with Crippen LogP contribution in [0.2, 0.25) is 0 Å². The van der Waals surface area contributed by atoms with Crippen LogP contribution < -0.4 is 4.90 Å². The average Bonchev–Trinajstić information content (AvgIpc) is 3.07. The van der Waals surface area contributed by atoms with E-state index in [2.05, 4.69) is 53.6 Å². The number of aryl methyl sites for hydroxylation is 3. The van der Waals surface area contributed by atoms with Gasteiger partial charge in [0.15, 0.2) is 15.7 Å². The first-order chi connectivity index (χ1) is 15.8. The van der Waals surface area contributed by atoms with Gasteiger partial charge in [0.25, 0.3) is 0 Å². The summed E-state index contributed by atoms with van der Waals surface area (Å²) in [5.41, 5.74) is 7.67. The van der Waals surface area contributed by atoms with Crippen LogP contribution in [-0.2, 0) is 35.8 Å². The van der Waals surface area contributed by atoms with Crippen molar-refractivity contribution in [2.24, 2.45) is 0 Å². The van der Waals surface area contributed by atoms with Gasteiger partial charge in [0.2, 0.25) is 0 Å². The third-order valence-electron chi connectivity index (χ3n) is 6.93. The molecule has 1 aliphatic rings. The third-order valence-corrected chi connectivity index (χ3v) is 8.06. The second kappa shape index (κ2) is 8.34. The Morgan fingerprint density at radius 2 is 1.70 bits per heavy atom. The van der Waals surface area contributed by atoms with Crippen molar-refractivity contribution < 1.29 is 8.42 Å². The quantitative estimate of drug-likeness (QED) is 0.428. The molecule has 0 saturated heterocycles. The molecule has 0 amide bonds. The molecule has 0 atom stereocenters. The topological polar surface area (TPSA) is 55.2 Å². The fourth-order valence-electron chi connectivity index (χ4n) is 4.91. The lowest BCUT2D eigenvalue weighted by Gasteiger charge is -2.30. The zero-order valence-corrected chi connectivity index (χ0v) is 20.2. The Hall–Kier alpha value is -3.12. The molecule has 0 saturated carbocycles. The van der Waals surface area contributed by atoms with Crippen molar-refractivity contribution in [2.45, 2.75) is 44.7 Å². The number of aromatic nitrogens is 2. The number of pyridine rings is 1. The highest BCUT2D eigenvalue weighted by Crippen LogP contribution is 2.34. The van der Waals surface area contributed by atoms with Crippen molar-refractivity contribution in [3.63, 3.8) is 0 Å². The van der Waals surface area contributed by atoms with Gasteiger partial charge in [0, 0.05) is 43.2 Å². The molecule has 0 spiro atoms. The molecule has 4 aromatic rings. The van der Waals surface area contributed by atoms with Crippen LogP contribution >= 0.6 is 0 Å².